The third kappa shape index (κ3) is 3.06. The largest absolute Gasteiger partial charge is 0.497 e. The molecule has 0 N–H and O–H groups in total. The van der Waals surface area contributed by atoms with Crippen molar-refractivity contribution in [3.05, 3.63) is 35.5 Å². The number of thiazole rings is 1. The molecule has 0 saturated heterocycles. The summed E-state index contributed by atoms with van der Waals surface area (Å²) in [6.45, 7) is 6.50. The zero-order valence-corrected chi connectivity index (χ0v) is 13.6. The van der Waals surface area contributed by atoms with Crippen molar-refractivity contribution in [3.8, 4) is 0 Å². The van der Waals surface area contributed by atoms with Crippen LogP contribution in [0.1, 0.15) is 26.3 Å². The molecule has 1 aliphatic rings. The lowest BCUT2D eigenvalue weighted by Gasteiger charge is -2.31. The van der Waals surface area contributed by atoms with E-state index in [-0.39, 0.29) is 6.09 Å². The monoisotopic (exact) mass is 318 g/mol. The van der Waals surface area contributed by atoms with Crippen LogP contribution in [0.15, 0.2) is 30.0 Å². The lowest BCUT2D eigenvalue weighted by molar-refractivity contribution is 0.0296. The van der Waals surface area contributed by atoms with Gasteiger partial charge >= 0.3 is 6.09 Å². The molecule has 1 aromatic carbocycles. The molecular formula is C16H18N2O3S. The highest BCUT2D eigenvalue weighted by atomic mass is 32.1. The molecule has 1 aromatic heterocycles. The van der Waals surface area contributed by atoms with Crippen molar-refractivity contribution in [2.75, 3.05) is 13.2 Å². The van der Waals surface area contributed by atoms with Gasteiger partial charge in [-0.3, -0.25) is 4.90 Å². The van der Waals surface area contributed by atoms with Crippen molar-refractivity contribution in [3.63, 3.8) is 0 Å². The number of carbonyl (C=O) groups is 1. The number of aromatic nitrogens is 1. The Balaban J connectivity index is 1.92. The van der Waals surface area contributed by atoms with E-state index in [1.54, 1.807) is 22.5 Å². The van der Waals surface area contributed by atoms with Crippen LogP contribution in [0.2, 0.25) is 0 Å². The smallest absolute Gasteiger partial charge is 0.415 e. The number of ether oxygens (including phenoxy) is 2. The van der Waals surface area contributed by atoms with Gasteiger partial charge in [0.15, 0.2) is 0 Å². The molecule has 2 aromatic rings. The lowest BCUT2D eigenvalue weighted by Crippen LogP contribution is -2.39. The van der Waals surface area contributed by atoms with Crippen molar-refractivity contribution in [2.45, 2.75) is 26.4 Å². The highest BCUT2D eigenvalue weighted by molar-refractivity contribution is 7.16. The number of fused-ring (bicyclic) bond motifs is 1. The molecule has 3 rings (SSSR count). The molecule has 1 aliphatic heterocycles. The number of carbonyl (C=O) groups excluding carboxylic acids is 1. The fourth-order valence-electron chi connectivity index (χ4n) is 2.21. The summed E-state index contributed by atoms with van der Waals surface area (Å²) in [5, 5.41) is 0. The quantitative estimate of drug-likeness (QED) is 0.801. The molecule has 0 spiro atoms. The van der Waals surface area contributed by atoms with Crippen LogP contribution in [-0.2, 0) is 9.47 Å². The van der Waals surface area contributed by atoms with Gasteiger partial charge in [0, 0.05) is 5.56 Å². The second-order valence-corrected chi connectivity index (χ2v) is 6.93. The summed E-state index contributed by atoms with van der Waals surface area (Å²) in [4.78, 5) is 18.3. The molecule has 0 atom stereocenters. The standard InChI is InChI=1S/C16H18N2O3S/c1-16(2,3)21-15(19)18-6-7-20-9-13(18)11-4-5-14-12(8-11)17-10-22-14/h4-5,8-10H,6-7H2,1-3H3. The molecule has 22 heavy (non-hydrogen) atoms. The van der Waals surface area contributed by atoms with E-state index >= 15 is 0 Å². The average molecular weight is 318 g/mol. The normalized spacial score (nSPS) is 15.4. The first-order chi connectivity index (χ1) is 10.4. The van der Waals surface area contributed by atoms with Crippen LogP contribution in [0.5, 0.6) is 0 Å². The van der Waals surface area contributed by atoms with Gasteiger partial charge in [0.05, 0.1) is 28.0 Å². The fraction of sp³-hybridized carbons (Fsp3) is 0.375. The van der Waals surface area contributed by atoms with E-state index in [0.717, 1.165) is 15.8 Å². The van der Waals surface area contributed by atoms with Crippen LogP contribution in [-0.4, -0.2) is 34.7 Å². The Morgan fingerprint density at radius 3 is 3.00 bits per heavy atom. The topological polar surface area (TPSA) is 51.7 Å². The molecule has 0 aliphatic carbocycles. The maximum absolute atomic E-state index is 12.4. The highest BCUT2D eigenvalue weighted by Crippen LogP contribution is 2.28. The molecule has 0 radical (unpaired) electrons. The van der Waals surface area contributed by atoms with Gasteiger partial charge in [-0.15, -0.1) is 11.3 Å². The number of rotatable bonds is 1. The average Bonchev–Trinajstić information content (AvgIpc) is 2.92. The fourth-order valence-corrected chi connectivity index (χ4v) is 2.87. The van der Waals surface area contributed by atoms with E-state index in [4.69, 9.17) is 9.47 Å². The Kier molecular flexibility index (Phi) is 3.78. The molecule has 2 heterocycles. The van der Waals surface area contributed by atoms with E-state index in [9.17, 15) is 4.79 Å². The zero-order valence-electron chi connectivity index (χ0n) is 12.8. The van der Waals surface area contributed by atoms with Crippen molar-refractivity contribution >= 4 is 33.3 Å². The minimum atomic E-state index is -0.528. The first-order valence-corrected chi connectivity index (χ1v) is 7.98. The Bertz CT molecular complexity index is 730. The van der Waals surface area contributed by atoms with Crippen molar-refractivity contribution in [1.29, 1.82) is 0 Å². The van der Waals surface area contributed by atoms with Crippen molar-refractivity contribution in [1.82, 2.24) is 9.88 Å². The van der Waals surface area contributed by atoms with Gasteiger partial charge in [0.2, 0.25) is 0 Å². The van der Waals surface area contributed by atoms with Crippen LogP contribution in [0, 0.1) is 0 Å². The van der Waals surface area contributed by atoms with E-state index in [1.165, 1.54) is 0 Å². The molecule has 116 valence electrons. The van der Waals surface area contributed by atoms with Crippen LogP contribution < -0.4 is 0 Å². The summed E-state index contributed by atoms with van der Waals surface area (Å²) in [7, 11) is 0. The third-order valence-electron chi connectivity index (χ3n) is 3.16. The summed E-state index contributed by atoms with van der Waals surface area (Å²) < 4.78 is 12.0. The lowest BCUT2D eigenvalue weighted by atomic mass is 10.1. The van der Waals surface area contributed by atoms with Gasteiger partial charge in [0.25, 0.3) is 0 Å². The maximum atomic E-state index is 12.4. The molecule has 5 nitrogen and oxygen atoms in total. The SMILES string of the molecule is CC(C)(C)OC(=O)N1CCOC=C1c1ccc2scnc2c1. The Morgan fingerprint density at radius 2 is 2.23 bits per heavy atom. The van der Waals surface area contributed by atoms with Gasteiger partial charge in [-0.1, -0.05) is 6.07 Å². The van der Waals surface area contributed by atoms with Gasteiger partial charge in [-0.25, -0.2) is 9.78 Å². The molecule has 0 bridgehead atoms. The molecule has 1 amide bonds. The predicted octanol–water partition coefficient (Wildman–Crippen LogP) is 3.86. The third-order valence-corrected chi connectivity index (χ3v) is 3.97. The molecular weight excluding hydrogens is 300 g/mol. The first kappa shape index (κ1) is 14.8. The molecule has 0 unspecified atom stereocenters. The van der Waals surface area contributed by atoms with E-state index in [2.05, 4.69) is 4.98 Å². The van der Waals surface area contributed by atoms with Crippen LogP contribution in [0.3, 0.4) is 0 Å². The van der Waals surface area contributed by atoms with Crippen molar-refractivity contribution < 1.29 is 14.3 Å². The summed E-state index contributed by atoms with van der Waals surface area (Å²) in [5.41, 5.74) is 3.79. The van der Waals surface area contributed by atoms with Gasteiger partial charge < -0.3 is 9.47 Å². The number of nitrogens with zero attached hydrogens (tertiary/aromatic N) is 2. The van der Waals surface area contributed by atoms with Gasteiger partial charge in [-0.2, -0.15) is 0 Å². The summed E-state index contributed by atoms with van der Waals surface area (Å²) in [6, 6.07) is 5.94. The van der Waals surface area contributed by atoms with Crippen LogP contribution >= 0.6 is 11.3 Å². The number of benzene rings is 1. The minimum absolute atomic E-state index is 0.361. The summed E-state index contributed by atoms with van der Waals surface area (Å²) in [6.07, 6.45) is 1.25. The van der Waals surface area contributed by atoms with Gasteiger partial charge in [-0.05, 0) is 32.9 Å². The van der Waals surface area contributed by atoms with Crippen LogP contribution in [0.25, 0.3) is 15.9 Å². The maximum Gasteiger partial charge on any atom is 0.415 e. The Labute approximate surface area is 133 Å². The highest BCUT2D eigenvalue weighted by Gasteiger charge is 2.27. The van der Waals surface area contributed by atoms with Crippen molar-refractivity contribution in [2.24, 2.45) is 0 Å². The molecule has 0 saturated carbocycles. The van der Waals surface area contributed by atoms with E-state index in [1.807, 2.05) is 44.5 Å². The second-order valence-electron chi connectivity index (χ2n) is 6.04. The summed E-state index contributed by atoms with van der Waals surface area (Å²) in [5.74, 6) is 0. The zero-order chi connectivity index (χ0) is 15.7. The van der Waals surface area contributed by atoms with Gasteiger partial charge in [0.1, 0.15) is 18.5 Å². The summed E-state index contributed by atoms with van der Waals surface area (Å²) >= 11 is 1.59. The Morgan fingerprint density at radius 1 is 1.41 bits per heavy atom. The first-order valence-electron chi connectivity index (χ1n) is 7.10. The predicted molar refractivity (Wildman–Crippen MR) is 86.5 cm³/mol. The number of hydrogen-bond acceptors (Lipinski definition) is 5. The van der Waals surface area contributed by atoms with E-state index in [0.29, 0.717) is 18.8 Å². The second kappa shape index (κ2) is 5.61. The molecule has 6 heteroatoms. The Hall–Kier alpha value is -2.08. The van der Waals surface area contributed by atoms with Crippen LogP contribution in [0.4, 0.5) is 4.79 Å². The number of hydrogen-bond donors (Lipinski definition) is 0. The minimum Gasteiger partial charge on any atom is -0.497 e. The molecule has 0 fully saturated rings. The number of amides is 1. The van der Waals surface area contributed by atoms with E-state index < -0.39 is 5.60 Å².